The van der Waals surface area contributed by atoms with E-state index in [0.717, 1.165) is 13.0 Å². The summed E-state index contributed by atoms with van der Waals surface area (Å²) in [6.45, 7) is 3.29. The normalized spacial score (nSPS) is 21.3. The SMILES string of the molecule is C#CCC(NCCC)C1(N(C)C)CCCCCC1. The standard InChI is InChI=1S/C16H30N2/c1-5-11-15(17-14-6-2)16(18(3)4)12-9-7-8-10-13-16/h1,15,17H,6-14H2,2-4H3. The predicted molar refractivity (Wildman–Crippen MR) is 79.7 cm³/mol. The number of nitrogens with zero attached hydrogens (tertiary/aromatic N) is 1. The van der Waals surface area contributed by atoms with Gasteiger partial charge in [0.15, 0.2) is 0 Å². The Balaban J connectivity index is 2.86. The summed E-state index contributed by atoms with van der Waals surface area (Å²) in [5, 5.41) is 3.71. The monoisotopic (exact) mass is 250 g/mol. The first-order valence-corrected chi connectivity index (χ1v) is 7.51. The molecule has 0 aromatic rings. The lowest BCUT2D eigenvalue weighted by atomic mass is 9.80. The van der Waals surface area contributed by atoms with Gasteiger partial charge in [0.25, 0.3) is 0 Å². The highest BCUT2D eigenvalue weighted by molar-refractivity contribution is 5.05. The molecular weight excluding hydrogens is 220 g/mol. The van der Waals surface area contributed by atoms with Crippen molar-refractivity contribution in [2.24, 2.45) is 0 Å². The predicted octanol–water partition coefficient (Wildman–Crippen LogP) is 3.03. The Morgan fingerprint density at radius 3 is 2.28 bits per heavy atom. The first-order valence-electron chi connectivity index (χ1n) is 7.51. The van der Waals surface area contributed by atoms with Crippen LogP contribution in [-0.4, -0.2) is 37.1 Å². The van der Waals surface area contributed by atoms with E-state index >= 15 is 0 Å². The van der Waals surface area contributed by atoms with Crippen molar-refractivity contribution in [1.82, 2.24) is 10.2 Å². The first-order chi connectivity index (χ1) is 8.67. The maximum atomic E-state index is 5.60. The second kappa shape index (κ2) is 7.81. The summed E-state index contributed by atoms with van der Waals surface area (Å²) >= 11 is 0. The Morgan fingerprint density at radius 2 is 1.83 bits per heavy atom. The van der Waals surface area contributed by atoms with E-state index in [2.05, 4.69) is 37.2 Å². The summed E-state index contributed by atoms with van der Waals surface area (Å²) < 4.78 is 0. The molecule has 1 N–H and O–H groups in total. The molecule has 1 fully saturated rings. The van der Waals surface area contributed by atoms with Crippen molar-refractivity contribution >= 4 is 0 Å². The van der Waals surface area contributed by atoms with Crippen molar-refractivity contribution in [1.29, 1.82) is 0 Å². The van der Waals surface area contributed by atoms with Crippen LogP contribution in [0.3, 0.4) is 0 Å². The molecule has 18 heavy (non-hydrogen) atoms. The van der Waals surface area contributed by atoms with E-state index in [1.165, 1.54) is 44.9 Å². The minimum atomic E-state index is 0.262. The third-order valence-electron chi connectivity index (χ3n) is 4.47. The largest absolute Gasteiger partial charge is 0.311 e. The van der Waals surface area contributed by atoms with Crippen molar-refractivity contribution < 1.29 is 0 Å². The number of likely N-dealkylation sites (N-methyl/N-ethyl adjacent to an activating group) is 1. The lowest BCUT2D eigenvalue weighted by molar-refractivity contribution is 0.0821. The molecule has 1 atom stereocenters. The second-order valence-electron chi connectivity index (χ2n) is 5.83. The molecule has 0 aromatic carbocycles. The molecular formula is C16H30N2. The maximum absolute atomic E-state index is 5.60. The van der Waals surface area contributed by atoms with E-state index in [0.29, 0.717) is 6.04 Å². The van der Waals surface area contributed by atoms with Crippen LogP contribution in [0.25, 0.3) is 0 Å². The number of hydrogen-bond donors (Lipinski definition) is 1. The van der Waals surface area contributed by atoms with Crippen LogP contribution in [0, 0.1) is 12.3 Å². The van der Waals surface area contributed by atoms with Crippen molar-refractivity contribution in [3.05, 3.63) is 0 Å². The average molecular weight is 250 g/mol. The van der Waals surface area contributed by atoms with Gasteiger partial charge in [-0.3, -0.25) is 0 Å². The molecule has 0 amide bonds. The molecule has 0 spiro atoms. The smallest absolute Gasteiger partial charge is 0.0365 e. The van der Waals surface area contributed by atoms with Gasteiger partial charge in [-0.1, -0.05) is 32.6 Å². The van der Waals surface area contributed by atoms with E-state index in [1.54, 1.807) is 0 Å². The van der Waals surface area contributed by atoms with Crippen LogP contribution < -0.4 is 5.32 Å². The van der Waals surface area contributed by atoms with Gasteiger partial charge in [-0.2, -0.15) is 0 Å². The maximum Gasteiger partial charge on any atom is 0.0365 e. The lowest BCUT2D eigenvalue weighted by Gasteiger charge is -2.46. The molecule has 2 heteroatoms. The van der Waals surface area contributed by atoms with Crippen LogP contribution in [0.15, 0.2) is 0 Å². The van der Waals surface area contributed by atoms with Gasteiger partial charge in [0, 0.05) is 18.0 Å². The Kier molecular flexibility index (Phi) is 6.75. The highest BCUT2D eigenvalue weighted by Gasteiger charge is 2.40. The molecule has 2 nitrogen and oxygen atoms in total. The van der Waals surface area contributed by atoms with E-state index in [4.69, 9.17) is 6.42 Å². The average Bonchev–Trinajstić information content (AvgIpc) is 2.61. The van der Waals surface area contributed by atoms with Crippen molar-refractivity contribution in [2.75, 3.05) is 20.6 Å². The third-order valence-corrected chi connectivity index (χ3v) is 4.47. The summed E-state index contributed by atoms with van der Waals surface area (Å²) in [5.41, 5.74) is 0.262. The third kappa shape index (κ3) is 3.73. The van der Waals surface area contributed by atoms with Crippen molar-refractivity contribution in [3.8, 4) is 12.3 Å². The highest BCUT2D eigenvalue weighted by Crippen LogP contribution is 2.35. The summed E-state index contributed by atoms with van der Waals surface area (Å²) in [7, 11) is 4.45. The van der Waals surface area contributed by atoms with Crippen molar-refractivity contribution in [2.45, 2.75) is 69.9 Å². The fourth-order valence-electron chi connectivity index (χ4n) is 3.34. The molecule has 1 aliphatic rings. The lowest BCUT2D eigenvalue weighted by Crippen LogP contribution is -2.58. The Bertz CT molecular complexity index is 257. The van der Waals surface area contributed by atoms with Gasteiger partial charge in [-0.25, -0.2) is 0 Å². The fraction of sp³-hybridized carbons (Fsp3) is 0.875. The molecule has 0 heterocycles. The number of terminal acetylenes is 1. The highest BCUT2D eigenvalue weighted by atomic mass is 15.2. The quantitative estimate of drug-likeness (QED) is 0.576. The summed E-state index contributed by atoms with van der Waals surface area (Å²) in [6.07, 6.45) is 15.6. The van der Waals surface area contributed by atoms with E-state index in [-0.39, 0.29) is 5.54 Å². The van der Waals surface area contributed by atoms with E-state index in [9.17, 15) is 0 Å². The molecule has 0 aliphatic heterocycles. The van der Waals surface area contributed by atoms with Crippen LogP contribution in [0.4, 0.5) is 0 Å². The van der Waals surface area contributed by atoms with Crippen LogP contribution in [0.2, 0.25) is 0 Å². The Hall–Kier alpha value is -0.520. The van der Waals surface area contributed by atoms with E-state index < -0.39 is 0 Å². The summed E-state index contributed by atoms with van der Waals surface area (Å²) in [4.78, 5) is 2.43. The molecule has 1 saturated carbocycles. The minimum absolute atomic E-state index is 0.262. The second-order valence-corrected chi connectivity index (χ2v) is 5.83. The zero-order chi connectivity index (χ0) is 13.4. The molecule has 104 valence electrons. The molecule has 0 bridgehead atoms. The van der Waals surface area contributed by atoms with Gasteiger partial charge in [0.2, 0.25) is 0 Å². The molecule has 0 aromatic heterocycles. The Morgan fingerprint density at radius 1 is 1.22 bits per heavy atom. The van der Waals surface area contributed by atoms with Gasteiger partial charge >= 0.3 is 0 Å². The molecule has 1 unspecified atom stereocenters. The Labute approximate surface area is 114 Å². The number of hydrogen-bond acceptors (Lipinski definition) is 2. The fourth-order valence-corrected chi connectivity index (χ4v) is 3.34. The zero-order valence-electron chi connectivity index (χ0n) is 12.5. The first kappa shape index (κ1) is 15.5. The number of rotatable bonds is 6. The molecule has 0 saturated heterocycles. The molecule has 0 radical (unpaired) electrons. The van der Waals surface area contributed by atoms with Gasteiger partial charge < -0.3 is 10.2 Å². The van der Waals surface area contributed by atoms with Crippen LogP contribution in [0.1, 0.15) is 58.3 Å². The minimum Gasteiger partial charge on any atom is -0.311 e. The van der Waals surface area contributed by atoms with Crippen LogP contribution >= 0.6 is 0 Å². The number of nitrogens with one attached hydrogen (secondary N) is 1. The van der Waals surface area contributed by atoms with Crippen LogP contribution in [-0.2, 0) is 0 Å². The summed E-state index contributed by atoms with van der Waals surface area (Å²) in [6, 6.07) is 0.440. The van der Waals surface area contributed by atoms with Crippen molar-refractivity contribution in [3.63, 3.8) is 0 Å². The topological polar surface area (TPSA) is 15.3 Å². The van der Waals surface area contributed by atoms with Crippen LogP contribution in [0.5, 0.6) is 0 Å². The zero-order valence-corrected chi connectivity index (χ0v) is 12.5. The van der Waals surface area contributed by atoms with Gasteiger partial charge in [0.1, 0.15) is 0 Å². The van der Waals surface area contributed by atoms with Gasteiger partial charge in [-0.05, 0) is 39.9 Å². The van der Waals surface area contributed by atoms with Gasteiger partial charge in [-0.15, -0.1) is 12.3 Å². The molecule has 1 rings (SSSR count). The van der Waals surface area contributed by atoms with E-state index in [1.807, 2.05) is 0 Å². The van der Waals surface area contributed by atoms with Gasteiger partial charge in [0.05, 0.1) is 0 Å². The summed E-state index contributed by atoms with van der Waals surface area (Å²) in [5.74, 6) is 2.88. The molecule has 1 aliphatic carbocycles.